The third-order valence-corrected chi connectivity index (χ3v) is 5.61. The second-order valence-corrected chi connectivity index (χ2v) is 7.56. The van der Waals surface area contributed by atoms with Crippen molar-refractivity contribution in [3.05, 3.63) is 71.8 Å². The fraction of sp³-hybridized carbons (Fsp3) is 0.375. The predicted octanol–water partition coefficient (Wildman–Crippen LogP) is 2.94. The molecule has 6 nitrogen and oxygen atoms in total. The van der Waals surface area contributed by atoms with E-state index in [2.05, 4.69) is 5.32 Å². The molecular weight excluding hydrogens is 382 g/mol. The van der Waals surface area contributed by atoms with Gasteiger partial charge in [0.25, 0.3) is 5.91 Å². The standard InChI is InChI=1S/C24H27NO5/c1-29-22(27)20(16-18-10-4-2-5-11-18)25-21(26)17-30-23(28)24(14-8-9-15-24)19-12-6-3-7-13-19/h2-7,10-13,20H,8-9,14-17H2,1H3,(H,25,26)/t20-/m1/s1. The summed E-state index contributed by atoms with van der Waals surface area (Å²) < 4.78 is 10.2. The van der Waals surface area contributed by atoms with Crippen molar-refractivity contribution in [3.63, 3.8) is 0 Å². The van der Waals surface area contributed by atoms with Crippen LogP contribution >= 0.6 is 0 Å². The summed E-state index contributed by atoms with van der Waals surface area (Å²) in [6.07, 6.45) is 3.59. The molecule has 0 spiro atoms. The van der Waals surface area contributed by atoms with Gasteiger partial charge in [0, 0.05) is 6.42 Å². The molecule has 1 atom stereocenters. The molecule has 0 unspecified atom stereocenters. The average molecular weight is 409 g/mol. The van der Waals surface area contributed by atoms with Gasteiger partial charge >= 0.3 is 11.9 Å². The third kappa shape index (κ3) is 5.06. The van der Waals surface area contributed by atoms with Gasteiger partial charge in [-0.3, -0.25) is 9.59 Å². The van der Waals surface area contributed by atoms with E-state index in [4.69, 9.17) is 9.47 Å². The maximum absolute atomic E-state index is 12.9. The van der Waals surface area contributed by atoms with Crippen LogP contribution in [-0.2, 0) is 35.7 Å². The van der Waals surface area contributed by atoms with Gasteiger partial charge < -0.3 is 14.8 Å². The summed E-state index contributed by atoms with van der Waals surface area (Å²) in [5.74, 6) is -1.47. The van der Waals surface area contributed by atoms with Crippen molar-refractivity contribution in [2.24, 2.45) is 0 Å². The fourth-order valence-corrected chi connectivity index (χ4v) is 4.04. The smallest absolute Gasteiger partial charge is 0.328 e. The molecular formula is C24H27NO5. The molecule has 3 rings (SSSR count). The van der Waals surface area contributed by atoms with Gasteiger partial charge in [-0.1, -0.05) is 73.5 Å². The molecule has 0 radical (unpaired) electrons. The van der Waals surface area contributed by atoms with Crippen molar-refractivity contribution in [2.75, 3.05) is 13.7 Å². The van der Waals surface area contributed by atoms with Crippen LogP contribution in [0, 0.1) is 0 Å². The molecule has 1 amide bonds. The molecule has 0 heterocycles. The highest BCUT2D eigenvalue weighted by Crippen LogP contribution is 2.42. The van der Waals surface area contributed by atoms with E-state index < -0.39 is 29.9 Å². The minimum atomic E-state index is -0.849. The third-order valence-electron chi connectivity index (χ3n) is 5.61. The number of nitrogens with one attached hydrogen (secondary N) is 1. The van der Waals surface area contributed by atoms with Crippen molar-refractivity contribution >= 4 is 17.8 Å². The molecule has 158 valence electrons. The van der Waals surface area contributed by atoms with E-state index in [1.54, 1.807) is 0 Å². The number of carbonyl (C=O) groups excluding carboxylic acids is 3. The number of hydrogen-bond acceptors (Lipinski definition) is 5. The van der Waals surface area contributed by atoms with Crippen LogP contribution in [0.3, 0.4) is 0 Å². The first kappa shape index (κ1) is 21.6. The van der Waals surface area contributed by atoms with Gasteiger partial charge in [-0.05, 0) is 24.0 Å². The SMILES string of the molecule is COC(=O)[C@@H](Cc1ccccc1)NC(=O)COC(=O)C1(c2ccccc2)CCCC1. The number of amides is 1. The molecule has 1 aliphatic carbocycles. The van der Waals surface area contributed by atoms with Crippen LogP contribution in [0.5, 0.6) is 0 Å². The highest BCUT2D eigenvalue weighted by atomic mass is 16.5. The molecule has 1 aliphatic rings. The van der Waals surface area contributed by atoms with E-state index in [9.17, 15) is 14.4 Å². The second-order valence-electron chi connectivity index (χ2n) is 7.56. The summed E-state index contributed by atoms with van der Waals surface area (Å²) in [4.78, 5) is 37.5. The highest BCUT2D eigenvalue weighted by Gasteiger charge is 2.44. The quantitative estimate of drug-likeness (QED) is 0.678. The number of benzene rings is 2. The summed E-state index contributed by atoms with van der Waals surface area (Å²) in [5, 5.41) is 2.62. The largest absolute Gasteiger partial charge is 0.467 e. The Morgan fingerprint density at radius 1 is 0.967 bits per heavy atom. The van der Waals surface area contributed by atoms with Crippen LogP contribution in [0.4, 0.5) is 0 Å². The number of carbonyl (C=O) groups is 3. The van der Waals surface area contributed by atoms with Gasteiger partial charge in [-0.25, -0.2) is 4.79 Å². The minimum absolute atomic E-state index is 0.293. The first-order chi connectivity index (χ1) is 14.5. The molecule has 0 aliphatic heterocycles. The summed E-state index contributed by atoms with van der Waals surface area (Å²) in [7, 11) is 1.27. The maximum Gasteiger partial charge on any atom is 0.328 e. The Morgan fingerprint density at radius 2 is 1.57 bits per heavy atom. The molecule has 1 N–H and O–H groups in total. The van der Waals surface area contributed by atoms with Gasteiger partial charge in [0.15, 0.2) is 6.61 Å². The van der Waals surface area contributed by atoms with Crippen LogP contribution in [0.25, 0.3) is 0 Å². The summed E-state index contributed by atoms with van der Waals surface area (Å²) in [6, 6.07) is 18.1. The Morgan fingerprint density at radius 3 is 2.17 bits per heavy atom. The first-order valence-corrected chi connectivity index (χ1v) is 10.2. The van der Waals surface area contributed by atoms with Crippen molar-refractivity contribution in [3.8, 4) is 0 Å². The van der Waals surface area contributed by atoms with Crippen molar-refractivity contribution in [1.82, 2.24) is 5.32 Å². The molecule has 6 heteroatoms. The summed E-state index contributed by atoms with van der Waals surface area (Å²) in [6.45, 7) is -0.435. The molecule has 30 heavy (non-hydrogen) atoms. The molecule has 2 aromatic carbocycles. The highest BCUT2D eigenvalue weighted by molar-refractivity contribution is 5.89. The van der Waals surface area contributed by atoms with E-state index in [0.717, 1.165) is 24.0 Å². The lowest BCUT2D eigenvalue weighted by Crippen LogP contribution is -2.45. The molecule has 0 bridgehead atoms. The van der Waals surface area contributed by atoms with Crippen LogP contribution in [-0.4, -0.2) is 37.6 Å². The van der Waals surface area contributed by atoms with Crippen LogP contribution in [0.2, 0.25) is 0 Å². The van der Waals surface area contributed by atoms with E-state index in [1.165, 1.54) is 7.11 Å². The zero-order valence-electron chi connectivity index (χ0n) is 17.1. The van der Waals surface area contributed by atoms with Crippen LogP contribution in [0.15, 0.2) is 60.7 Å². The molecule has 2 aromatic rings. The number of rotatable bonds is 8. The van der Waals surface area contributed by atoms with Crippen LogP contribution < -0.4 is 5.32 Å². The first-order valence-electron chi connectivity index (χ1n) is 10.2. The average Bonchev–Trinajstić information content (AvgIpc) is 3.29. The lowest BCUT2D eigenvalue weighted by atomic mass is 9.79. The van der Waals surface area contributed by atoms with Gasteiger partial charge in [-0.2, -0.15) is 0 Å². The zero-order chi connectivity index (χ0) is 21.4. The molecule has 1 fully saturated rings. The zero-order valence-corrected chi connectivity index (χ0v) is 17.1. The van der Waals surface area contributed by atoms with E-state index in [-0.39, 0.29) is 5.97 Å². The monoisotopic (exact) mass is 409 g/mol. The lowest BCUT2D eigenvalue weighted by molar-refractivity contribution is -0.155. The molecule has 1 saturated carbocycles. The summed E-state index contributed by atoms with van der Waals surface area (Å²) in [5.41, 5.74) is 1.11. The predicted molar refractivity (Wildman–Crippen MR) is 112 cm³/mol. The molecule has 0 saturated heterocycles. The Hall–Kier alpha value is -3.15. The lowest BCUT2D eigenvalue weighted by Gasteiger charge is -2.27. The van der Waals surface area contributed by atoms with Crippen LogP contribution in [0.1, 0.15) is 36.8 Å². The number of esters is 2. The number of methoxy groups -OCH3 is 1. The van der Waals surface area contributed by atoms with E-state index in [1.807, 2.05) is 60.7 Å². The van der Waals surface area contributed by atoms with Gasteiger partial charge in [0.2, 0.25) is 0 Å². The van der Waals surface area contributed by atoms with Gasteiger partial charge in [0.05, 0.1) is 12.5 Å². The number of hydrogen-bond donors (Lipinski definition) is 1. The topological polar surface area (TPSA) is 81.7 Å². The Kier molecular flexibility index (Phi) is 7.22. The normalized spacial score (nSPS) is 15.8. The van der Waals surface area contributed by atoms with Crippen molar-refractivity contribution in [2.45, 2.75) is 43.6 Å². The Bertz CT molecular complexity index is 860. The van der Waals surface area contributed by atoms with E-state index in [0.29, 0.717) is 19.3 Å². The number of ether oxygens (including phenoxy) is 2. The Balaban J connectivity index is 1.61. The van der Waals surface area contributed by atoms with Gasteiger partial charge in [-0.15, -0.1) is 0 Å². The summed E-state index contributed by atoms with van der Waals surface area (Å²) >= 11 is 0. The minimum Gasteiger partial charge on any atom is -0.467 e. The second kappa shape index (κ2) is 10.1. The van der Waals surface area contributed by atoms with Crippen molar-refractivity contribution < 1.29 is 23.9 Å². The fourth-order valence-electron chi connectivity index (χ4n) is 4.04. The maximum atomic E-state index is 12.9. The molecule has 0 aromatic heterocycles. The van der Waals surface area contributed by atoms with Gasteiger partial charge in [0.1, 0.15) is 6.04 Å². The van der Waals surface area contributed by atoms with E-state index >= 15 is 0 Å². The van der Waals surface area contributed by atoms with Crippen molar-refractivity contribution in [1.29, 1.82) is 0 Å². The Labute approximate surface area is 176 Å².